The van der Waals surface area contributed by atoms with Crippen LogP contribution in [-0.2, 0) is 4.79 Å². The summed E-state index contributed by atoms with van der Waals surface area (Å²) in [4.78, 5) is 13.4. The van der Waals surface area contributed by atoms with Crippen LogP contribution < -0.4 is 5.73 Å². The van der Waals surface area contributed by atoms with Crippen molar-refractivity contribution in [2.24, 2.45) is 5.73 Å². The Morgan fingerprint density at radius 2 is 2.00 bits per heavy atom. The van der Waals surface area contributed by atoms with Gasteiger partial charge in [-0.05, 0) is 12.8 Å². The molecule has 1 amide bonds. The molecule has 0 bridgehead atoms. The molecule has 2 rings (SSSR count). The van der Waals surface area contributed by atoms with Crippen molar-refractivity contribution in [1.29, 1.82) is 0 Å². The maximum absolute atomic E-state index is 11.4. The summed E-state index contributed by atoms with van der Waals surface area (Å²) < 4.78 is 0. The van der Waals surface area contributed by atoms with E-state index in [0.29, 0.717) is 12.5 Å². The van der Waals surface area contributed by atoms with Crippen molar-refractivity contribution in [3.05, 3.63) is 0 Å². The zero-order chi connectivity index (χ0) is 8.55. The molecule has 12 heavy (non-hydrogen) atoms. The van der Waals surface area contributed by atoms with Crippen LogP contribution in [0, 0.1) is 0 Å². The Hall–Kier alpha value is -0.570. The van der Waals surface area contributed by atoms with E-state index in [1.807, 2.05) is 4.90 Å². The maximum Gasteiger partial charge on any atom is 0.224 e. The van der Waals surface area contributed by atoms with Crippen molar-refractivity contribution in [1.82, 2.24) is 4.90 Å². The molecule has 0 aromatic rings. The van der Waals surface area contributed by atoms with Gasteiger partial charge in [0.2, 0.25) is 5.91 Å². The van der Waals surface area contributed by atoms with Gasteiger partial charge >= 0.3 is 0 Å². The van der Waals surface area contributed by atoms with Gasteiger partial charge in [0.15, 0.2) is 0 Å². The number of nitrogens with zero attached hydrogens (tertiary/aromatic N) is 1. The molecular weight excluding hydrogens is 152 g/mol. The molecule has 0 aromatic carbocycles. The van der Waals surface area contributed by atoms with Crippen LogP contribution in [0.5, 0.6) is 0 Å². The highest BCUT2D eigenvalue weighted by Crippen LogP contribution is 2.26. The average molecular weight is 168 g/mol. The lowest BCUT2D eigenvalue weighted by Gasteiger charge is -2.23. The highest BCUT2D eigenvalue weighted by molar-refractivity contribution is 5.79. The first-order valence-corrected chi connectivity index (χ1v) is 4.82. The summed E-state index contributed by atoms with van der Waals surface area (Å²) in [7, 11) is 0. The van der Waals surface area contributed by atoms with Gasteiger partial charge in [-0.15, -0.1) is 0 Å². The number of hydrogen-bond acceptors (Lipinski definition) is 2. The highest BCUT2D eigenvalue weighted by Gasteiger charge is 2.33. The van der Waals surface area contributed by atoms with Crippen LogP contribution >= 0.6 is 0 Å². The second kappa shape index (κ2) is 3.05. The average Bonchev–Trinajstić information content (AvgIpc) is 2.58. The maximum atomic E-state index is 11.4. The van der Waals surface area contributed by atoms with Gasteiger partial charge in [0.25, 0.3) is 0 Å². The van der Waals surface area contributed by atoms with Crippen molar-refractivity contribution >= 4 is 5.91 Å². The fraction of sp³-hybridized carbons (Fsp3) is 0.889. The lowest BCUT2D eigenvalue weighted by molar-refractivity contribution is -0.129. The Balaban J connectivity index is 1.98. The Morgan fingerprint density at radius 1 is 1.33 bits per heavy atom. The van der Waals surface area contributed by atoms with E-state index in [-0.39, 0.29) is 11.9 Å². The Morgan fingerprint density at radius 3 is 2.50 bits per heavy atom. The van der Waals surface area contributed by atoms with Crippen LogP contribution in [0.3, 0.4) is 0 Å². The predicted octanol–water partition coefficient (Wildman–Crippen LogP) is 0.489. The number of carbonyl (C=O) groups is 1. The van der Waals surface area contributed by atoms with Crippen molar-refractivity contribution in [3.8, 4) is 0 Å². The van der Waals surface area contributed by atoms with Gasteiger partial charge in [0, 0.05) is 25.0 Å². The van der Waals surface area contributed by atoms with E-state index in [1.165, 1.54) is 25.7 Å². The van der Waals surface area contributed by atoms with E-state index >= 15 is 0 Å². The fourth-order valence-corrected chi connectivity index (χ4v) is 2.33. The van der Waals surface area contributed by atoms with Crippen molar-refractivity contribution < 1.29 is 4.79 Å². The highest BCUT2D eigenvalue weighted by atomic mass is 16.2. The van der Waals surface area contributed by atoms with Crippen LogP contribution in [0.1, 0.15) is 32.1 Å². The van der Waals surface area contributed by atoms with Crippen LogP contribution in [0.15, 0.2) is 0 Å². The molecule has 3 heteroatoms. The molecule has 68 valence electrons. The Kier molecular flexibility index (Phi) is 2.05. The second-order valence-electron chi connectivity index (χ2n) is 3.95. The minimum absolute atomic E-state index is 0.0955. The molecule has 2 fully saturated rings. The van der Waals surface area contributed by atoms with Gasteiger partial charge < -0.3 is 10.6 Å². The molecule has 3 nitrogen and oxygen atoms in total. The zero-order valence-corrected chi connectivity index (χ0v) is 7.33. The topological polar surface area (TPSA) is 46.3 Å². The van der Waals surface area contributed by atoms with Gasteiger partial charge in [0.1, 0.15) is 0 Å². The van der Waals surface area contributed by atoms with E-state index in [4.69, 9.17) is 5.73 Å². The largest absolute Gasteiger partial charge is 0.338 e. The lowest BCUT2D eigenvalue weighted by Crippen LogP contribution is -2.36. The monoisotopic (exact) mass is 168 g/mol. The summed E-state index contributed by atoms with van der Waals surface area (Å²) in [5.41, 5.74) is 5.72. The summed E-state index contributed by atoms with van der Waals surface area (Å²) in [5, 5.41) is 0. The normalized spacial score (nSPS) is 31.9. The van der Waals surface area contributed by atoms with E-state index in [1.54, 1.807) is 0 Å². The molecule has 1 atom stereocenters. The summed E-state index contributed by atoms with van der Waals surface area (Å²) in [6.07, 6.45) is 5.51. The number of likely N-dealkylation sites (tertiary alicyclic amines) is 1. The first kappa shape index (κ1) is 8.05. The summed E-state index contributed by atoms with van der Waals surface area (Å²) in [6, 6.07) is 0.615. The molecule has 0 spiro atoms. The van der Waals surface area contributed by atoms with Crippen molar-refractivity contribution in [3.63, 3.8) is 0 Å². The molecule has 0 aromatic heterocycles. The SMILES string of the molecule is N[C@H]1CC(=O)N(C2CCCC2)C1. The minimum atomic E-state index is 0.0955. The molecule has 2 N–H and O–H groups in total. The van der Waals surface area contributed by atoms with E-state index in [0.717, 1.165) is 6.54 Å². The molecule has 1 saturated heterocycles. The quantitative estimate of drug-likeness (QED) is 0.619. The fourth-order valence-electron chi connectivity index (χ4n) is 2.33. The first-order chi connectivity index (χ1) is 5.77. The number of amides is 1. The number of rotatable bonds is 1. The Bertz CT molecular complexity index is 187. The Labute approximate surface area is 72.9 Å². The standard InChI is InChI=1S/C9H16N2O/c10-7-5-9(12)11(6-7)8-3-1-2-4-8/h7-8H,1-6,10H2/t7-/m0/s1. The molecule has 1 heterocycles. The summed E-state index contributed by atoms with van der Waals surface area (Å²) in [5.74, 6) is 0.273. The molecule has 0 unspecified atom stereocenters. The predicted molar refractivity (Wildman–Crippen MR) is 46.6 cm³/mol. The van der Waals surface area contributed by atoms with Gasteiger partial charge in [-0.3, -0.25) is 4.79 Å². The molecule has 1 saturated carbocycles. The summed E-state index contributed by atoms with van der Waals surface area (Å²) >= 11 is 0. The molecule has 2 aliphatic rings. The number of nitrogens with two attached hydrogens (primary N) is 1. The third kappa shape index (κ3) is 1.33. The smallest absolute Gasteiger partial charge is 0.224 e. The van der Waals surface area contributed by atoms with Crippen LogP contribution in [0.2, 0.25) is 0 Å². The van der Waals surface area contributed by atoms with Crippen molar-refractivity contribution in [2.75, 3.05) is 6.54 Å². The summed E-state index contributed by atoms with van der Waals surface area (Å²) in [6.45, 7) is 0.795. The van der Waals surface area contributed by atoms with Gasteiger partial charge in [-0.25, -0.2) is 0 Å². The molecule has 1 aliphatic carbocycles. The third-order valence-corrected chi connectivity index (χ3v) is 2.95. The van der Waals surface area contributed by atoms with Gasteiger partial charge in [-0.1, -0.05) is 12.8 Å². The first-order valence-electron chi connectivity index (χ1n) is 4.82. The van der Waals surface area contributed by atoms with E-state index in [2.05, 4.69) is 0 Å². The number of hydrogen-bond donors (Lipinski definition) is 1. The van der Waals surface area contributed by atoms with E-state index < -0.39 is 0 Å². The molecular formula is C9H16N2O. The molecule has 0 radical (unpaired) electrons. The van der Waals surface area contributed by atoms with Crippen LogP contribution in [-0.4, -0.2) is 29.4 Å². The number of carbonyl (C=O) groups excluding carboxylic acids is 1. The second-order valence-corrected chi connectivity index (χ2v) is 3.95. The van der Waals surface area contributed by atoms with Crippen LogP contribution in [0.4, 0.5) is 0 Å². The van der Waals surface area contributed by atoms with Crippen molar-refractivity contribution in [2.45, 2.75) is 44.2 Å². The lowest BCUT2D eigenvalue weighted by atomic mass is 10.2. The molecule has 1 aliphatic heterocycles. The van der Waals surface area contributed by atoms with Gasteiger partial charge in [0.05, 0.1) is 0 Å². The third-order valence-electron chi connectivity index (χ3n) is 2.95. The van der Waals surface area contributed by atoms with Gasteiger partial charge in [-0.2, -0.15) is 0 Å². The van der Waals surface area contributed by atoms with Crippen LogP contribution in [0.25, 0.3) is 0 Å². The minimum Gasteiger partial charge on any atom is -0.338 e. The van der Waals surface area contributed by atoms with E-state index in [9.17, 15) is 4.79 Å². The zero-order valence-electron chi connectivity index (χ0n) is 7.33.